The van der Waals surface area contributed by atoms with Gasteiger partial charge >= 0.3 is 0 Å². The molecule has 1 aliphatic heterocycles. The Labute approximate surface area is 214 Å². The first-order chi connectivity index (χ1) is 17.1. The van der Waals surface area contributed by atoms with E-state index in [1.54, 1.807) is 4.90 Å². The van der Waals surface area contributed by atoms with E-state index in [4.69, 9.17) is 22.1 Å². The van der Waals surface area contributed by atoms with Crippen molar-refractivity contribution in [3.05, 3.63) is 107 Å². The number of nitrogens with zero attached hydrogens (tertiary/aromatic N) is 3. The maximum atomic E-state index is 13.3. The first-order valence-corrected chi connectivity index (χ1v) is 12.5. The standard InChI is InChI=1S/C28H23N3O2S2/c1-2-33-24-15-13-21(14-16-24)26-22(19-31(29-26)23-11-7-4-8-12-23)17-25-27(32)30(28(34)35-25)18-20-9-5-3-6-10-20/h3-17,19H,2,18H2,1H3. The minimum absolute atomic E-state index is 0.0889. The predicted molar refractivity (Wildman–Crippen MR) is 145 cm³/mol. The monoisotopic (exact) mass is 497 g/mol. The Kier molecular flexibility index (Phi) is 6.79. The van der Waals surface area contributed by atoms with E-state index in [-0.39, 0.29) is 5.91 Å². The molecule has 0 saturated carbocycles. The van der Waals surface area contributed by atoms with E-state index in [9.17, 15) is 4.79 Å². The Bertz CT molecular complexity index is 1380. The van der Waals surface area contributed by atoms with Crippen molar-refractivity contribution in [2.24, 2.45) is 0 Å². The highest BCUT2D eigenvalue weighted by Crippen LogP contribution is 2.36. The number of thiocarbonyl (C=S) groups is 1. The van der Waals surface area contributed by atoms with Crippen LogP contribution in [0.5, 0.6) is 5.75 Å². The van der Waals surface area contributed by atoms with Crippen LogP contribution in [0.4, 0.5) is 0 Å². The van der Waals surface area contributed by atoms with Crippen LogP contribution >= 0.6 is 24.0 Å². The van der Waals surface area contributed by atoms with Crippen molar-refractivity contribution in [3.63, 3.8) is 0 Å². The molecular formula is C28H23N3O2S2. The average molecular weight is 498 g/mol. The molecule has 0 aliphatic carbocycles. The number of rotatable bonds is 7. The summed E-state index contributed by atoms with van der Waals surface area (Å²) in [5, 5.41) is 4.86. The fourth-order valence-corrected chi connectivity index (χ4v) is 5.10. The lowest BCUT2D eigenvalue weighted by atomic mass is 10.1. The van der Waals surface area contributed by atoms with Gasteiger partial charge in [-0.05, 0) is 55.0 Å². The van der Waals surface area contributed by atoms with Gasteiger partial charge in [-0.2, -0.15) is 5.10 Å². The number of para-hydroxylation sites is 1. The van der Waals surface area contributed by atoms with Crippen LogP contribution in [0.2, 0.25) is 0 Å². The number of benzene rings is 3. The molecule has 1 saturated heterocycles. The fraction of sp³-hybridized carbons (Fsp3) is 0.107. The Morgan fingerprint density at radius 1 is 0.971 bits per heavy atom. The maximum Gasteiger partial charge on any atom is 0.266 e. The Morgan fingerprint density at radius 2 is 1.66 bits per heavy atom. The summed E-state index contributed by atoms with van der Waals surface area (Å²) in [6, 6.07) is 27.6. The van der Waals surface area contributed by atoms with Gasteiger partial charge in [-0.15, -0.1) is 0 Å². The fourth-order valence-electron chi connectivity index (χ4n) is 3.85. The van der Waals surface area contributed by atoms with E-state index in [1.165, 1.54) is 11.8 Å². The second-order valence-corrected chi connectivity index (χ2v) is 9.60. The molecule has 1 amide bonds. The molecule has 0 spiro atoms. The summed E-state index contributed by atoms with van der Waals surface area (Å²) >= 11 is 6.88. The van der Waals surface area contributed by atoms with Crippen LogP contribution in [0.15, 0.2) is 96.0 Å². The molecule has 0 bridgehead atoms. The van der Waals surface area contributed by atoms with Crippen molar-refractivity contribution in [1.29, 1.82) is 0 Å². The summed E-state index contributed by atoms with van der Waals surface area (Å²) in [4.78, 5) is 15.5. The molecule has 7 heteroatoms. The highest BCUT2D eigenvalue weighted by atomic mass is 32.2. The molecule has 1 fully saturated rings. The van der Waals surface area contributed by atoms with E-state index < -0.39 is 0 Å². The van der Waals surface area contributed by atoms with Crippen LogP contribution in [0.25, 0.3) is 23.0 Å². The Morgan fingerprint density at radius 3 is 2.34 bits per heavy atom. The highest BCUT2D eigenvalue weighted by Gasteiger charge is 2.32. The molecule has 1 aromatic heterocycles. The first-order valence-electron chi connectivity index (χ1n) is 11.3. The van der Waals surface area contributed by atoms with Crippen LogP contribution in [-0.4, -0.2) is 31.5 Å². The van der Waals surface area contributed by atoms with Gasteiger partial charge in [-0.3, -0.25) is 9.69 Å². The quantitative estimate of drug-likeness (QED) is 0.220. The van der Waals surface area contributed by atoms with E-state index >= 15 is 0 Å². The summed E-state index contributed by atoms with van der Waals surface area (Å²) in [7, 11) is 0. The molecule has 0 atom stereocenters. The van der Waals surface area contributed by atoms with Gasteiger partial charge in [0.15, 0.2) is 0 Å². The number of carbonyl (C=O) groups excluding carboxylic acids is 1. The minimum Gasteiger partial charge on any atom is -0.494 e. The lowest BCUT2D eigenvalue weighted by molar-refractivity contribution is -0.122. The molecule has 174 valence electrons. The second kappa shape index (κ2) is 10.3. The zero-order valence-electron chi connectivity index (χ0n) is 19.1. The van der Waals surface area contributed by atoms with Crippen LogP contribution in [0.1, 0.15) is 18.1 Å². The molecule has 3 aromatic carbocycles. The van der Waals surface area contributed by atoms with Crippen molar-refractivity contribution < 1.29 is 9.53 Å². The Balaban J connectivity index is 1.51. The normalized spacial score (nSPS) is 14.7. The molecule has 0 radical (unpaired) electrons. The molecule has 5 nitrogen and oxygen atoms in total. The Hall–Kier alpha value is -3.68. The van der Waals surface area contributed by atoms with Crippen molar-refractivity contribution >= 4 is 40.3 Å². The third-order valence-corrected chi connectivity index (χ3v) is 6.92. The largest absolute Gasteiger partial charge is 0.494 e. The van der Waals surface area contributed by atoms with Gasteiger partial charge in [0.25, 0.3) is 5.91 Å². The number of thioether (sulfide) groups is 1. The van der Waals surface area contributed by atoms with E-state index in [0.29, 0.717) is 22.4 Å². The van der Waals surface area contributed by atoms with Gasteiger partial charge in [0.05, 0.1) is 29.4 Å². The second-order valence-electron chi connectivity index (χ2n) is 7.92. The topological polar surface area (TPSA) is 47.4 Å². The molecular weight excluding hydrogens is 474 g/mol. The minimum atomic E-state index is -0.0889. The van der Waals surface area contributed by atoms with E-state index in [0.717, 1.165) is 33.8 Å². The number of ether oxygens (including phenoxy) is 1. The van der Waals surface area contributed by atoms with Gasteiger partial charge in [-0.1, -0.05) is 72.5 Å². The van der Waals surface area contributed by atoms with Gasteiger partial charge in [0, 0.05) is 17.3 Å². The summed E-state index contributed by atoms with van der Waals surface area (Å²) in [5.74, 6) is 0.719. The molecule has 4 aromatic rings. The van der Waals surface area contributed by atoms with Crippen molar-refractivity contribution in [1.82, 2.24) is 14.7 Å². The molecule has 0 unspecified atom stereocenters. The SMILES string of the molecule is CCOc1ccc(-c2nn(-c3ccccc3)cc2C=C2SC(=S)N(Cc3ccccc3)C2=O)cc1. The first kappa shape index (κ1) is 23.1. The maximum absolute atomic E-state index is 13.3. The molecule has 1 aliphatic rings. The lowest BCUT2D eigenvalue weighted by Gasteiger charge is -2.14. The average Bonchev–Trinajstić information content (AvgIpc) is 3.42. The van der Waals surface area contributed by atoms with Gasteiger partial charge in [-0.25, -0.2) is 4.68 Å². The van der Waals surface area contributed by atoms with Crippen LogP contribution < -0.4 is 4.74 Å². The summed E-state index contributed by atoms with van der Waals surface area (Å²) in [5.41, 5.74) is 4.55. The number of aromatic nitrogens is 2. The highest BCUT2D eigenvalue weighted by molar-refractivity contribution is 8.26. The summed E-state index contributed by atoms with van der Waals surface area (Å²) in [6.45, 7) is 3.03. The predicted octanol–water partition coefficient (Wildman–Crippen LogP) is 6.34. The van der Waals surface area contributed by atoms with Crippen LogP contribution in [-0.2, 0) is 11.3 Å². The van der Waals surface area contributed by atoms with E-state index in [2.05, 4.69) is 0 Å². The zero-order chi connectivity index (χ0) is 24.2. The van der Waals surface area contributed by atoms with Crippen LogP contribution in [0, 0.1) is 0 Å². The van der Waals surface area contributed by atoms with Crippen LogP contribution in [0.3, 0.4) is 0 Å². The molecule has 35 heavy (non-hydrogen) atoms. The van der Waals surface area contributed by atoms with Crippen molar-refractivity contribution in [2.75, 3.05) is 6.61 Å². The molecule has 5 rings (SSSR count). The van der Waals surface area contributed by atoms with Crippen molar-refractivity contribution in [2.45, 2.75) is 13.5 Å². The lowest BCUT2D eigenvalue weighted by Crippen LogP contribution is -2.27. The van der Waals surface area contributed by atoms with Crippen molar-refractivity contribution in [3.8, 4) is 22.7 Å². The zero-order valence-corrected chi connectivity index (χ0v) is 20.8. The molecule has 0 N–H and O–H groups in total. The van der Waals surface area contributed by atoms with Gasteiger partial charge < -0.3 is 4.74 Å². The number of carbonyl (C=O) groups is 1. The van der Waals surface area contributed by atoms with E-state index in [1.807, 2.05) is 109 Å². The van der Waals surface area contributed by atoms with Gasteiger partial charge in [0.2, 0.25) is 0 Å². The number of amides is 1. The molecule has 2 heterocycles. The van der Waals surface area contributed by atoms with Gasteiger partial charge in [0.1, 0.15) is 10.1 Å². The summed E-state index contributed by atoms with van der Waals surface area (Å²) in [6.07, 6.45) is 3.84. The number of hydrogen-bond acceptors (Lipinski definition) is 5. The smallest absolute Gasteiger partial charge is 0.266 e. The third kappa shape index (κ3) is 5.06. The third-order valence-electron chi connectivity index (χ3n) is 5.55. The number of hydrogen-bond donors (Lipinski definition) is 0. The summed E-state index contributed by atoms with van der Waals surface area (Å²) < 4.78 is 7.98.